The maximum atomic E-state index is 10.4. The lowest BCUT2D eigenvalue weighted by molar-refractivity contribution is -0.119. The predicted octanol–water partition coefficient (Wildman–Crippen LogP) is 0.552. The second kappa shape index (κ2) is 7.34. The van der Waals surface area contributed by atoms with E-state index in [0.29, 0.717) is 6.54 Å². The molecule has 0 aliphatic carbocycles. The van der Waals surface area contributed by atoms with Crippen molar-refractivity contribution in [3.63, 3.8) is 0 Å². The van der Waals surface area contributed by atoms with Gasteiger partial charge in [0, 0.05) is 20.4 Å². The number of unbranched alkanes of at least 4 members (excludes halogenated alkanes) is 1. The van der Waals surface area contributed by atoms with E-state index in [1.807, 2.05) is 6.08 Å². The van der Waals surface area contributed by atoms with Crippen LogP contribution in [0.25, 0.3) is 0 Å². The van der Waals surface area contributed by atoms with Crippen LogP contribution in [0.2, 0.25) is 0 Å². The molecule has 2 amide bonds. The van der Waals surface area contributed by atoms with Gasteiger partial charge in [-0.25, -0.2) is 0 Å². The molecule has 0 spiro atoms. The van der Waals surface area contributed by atoms with Crippen LogP contribution in [0.3, 0.4) is 0 Å². The molecule has 0 radical (unpaired) electrons. The minimum Gasteiger partial charge on any atom is -0.356 e. The van der Waals surface area contributed by atoms with E-state index >= 15 is 0 Å². The van der Waals surface area contributed by atoms with Gasteiger partial charge in [0.15, 0.2) is 0 Å². The molecule has 0 heterocycles. The van der Waals surface area contributed by atoms with Crippen LogP contribution >= 0.6 is 0 Å². The minimum atomic E-state index is -0.0712. The van der Waals surface area contributed by atoms with E-state index in [4.69, 9.17) is 0 Å². The number of amides is 2. The Bertz CT molecular complexity index is 200. The number of rotatable bonds is 5. The molecule has 0 atom stereocenters. The molecule has 4 heteroatoms. The maximum Gasteiger partial charge on any atom is 0.220 e. The average molecular weight is 184 g/mol. The van der Waals surface area contributed by atoms with Gasteiger partial charge in [-0.05, 0) is 19.0 Å². The Morgan fingerprint density at radius 1 is 1.23 bits per heavy atom. The van der Waals surface area contributed by atoms with E-state index in [0.717, 1.165) is 12.8 Å². The first-order valence-corrected chi connectivity index (χ1v) is 4.29. The fraction of sp³-hybridized carbons (Fsp3) is 0.556. The second-order valence-electron chi connectivity index (χ2n) is 2.73. The van der Waals surface area contributed by atoms with Crippen molar-refractivity contribution in [2.24, 2.45) is 0 Å². The Hall–Kier alpha value is -1.32. The van der Waals surface area contributed by atoms with Crippen LogP contribution in [0, 0.1) is 0 Å². The third-order valence-electron chi connectivity index (χ3n) is 1.33. The molecule has 0 aliphatic heterocycles. The first-order chi connectivity index (χ1) is 6.13. The molecule has 4 nitrogen and oxygen atoms in total. The van der Waals surface area contributed by atoms with Gasteiger partial charge in [-0.1, -0.05) is 6.08 Å². The Morgan fingerprint density at radius 3 is 2.46 bits per heavy atom. The van der Waals surface area contributed by atoms with Crippen molar-refractivity contribution in [1.82, 2.24) is 10.6 Å². The van der Waals surface area contributed by atoms with Crippen LogP contribution in [0.5, 0.6) is 0 Å². The van der Waals surface area contributed by atoms with E-state index < -0.39 is 0 Å². The largest absolute Gasteiger partial charge is 0.356 e. The van der Waals surface area contributed by atoms with Crippen LogP contribution in [-0.4, -0.2) is 18.4 Å². The quantitative estimate of drug-likeness (QED) is 0.613. The molecule has 0 aromatic rings. The van der Waals surface area contributed by atoms with Crippen molar-refractivity contribution in [3.8, 4) is 0 Å². The predicted molar refractivity (Wildman–Crippen MR) is 50.9 cm³/mol. The summed E-state index contributed by atoms with van der Waals surface area (Å²) in [5, 5.41) is 5.22. The van der Waals surface area contributed by atoms with Gasteiger partial charge in [-0.3, -0.25) is 9.59 Å². The van der Waals surface area contributed by atoms with Gasteiger partial charge in [0.25, 0.3) is 0 Å². The molecule has 0 bridgehead atoms. The lowest BCUT2D eigenvalue weighted by Gasteiger charge is -1.98. The van der Waals surface area contributed by atoms with Crippen molar-refractivity contribution in [3.05, 3.63) is 12.3 Å². The fourth-order valence-electron chi connectivity index (χ4n) is 0.744. The Balaban J connectivity index is 3.20. The maximum absolute atomic E-state index is 10.4. The fourth-order valence-corrected chi connectivity index (χ4v) is 0.744. The van der Waals surface area contributed by atoms with E-state index in [1.165, 1.54) is 13.8 Å². The van der Waals surface area contributed by atoms with Crippen molar-refractivity contribution in [2.75, 3.05) is 6.54 Å². The first kappa shape index (κ1) is 11.7. The Morgan fingerprint density at radius 2 is 1.92 bits per heavy atom. The molecular weight excluding hydrogens is 168 g/mol. The highest BCUT2D eigenvalue weighted by Gasteiger charge is 1.88. The monoisotopic (exact) mass is 184 g/mol. The number of allylic oxidation sites excluding steroid dienone is 1. The highest BCUT2D eigenvalue weighted by atomic mass is 16.1. The molecule has 13 heavy (non-hydrogen) atoms. The summed E-state index contributed by atoms with van der Waals surface area (Å²) < 4.78 is 0. The molecule has 0 rings (SSSR count). The molecule has 0 unspecified atom stereocenters. The third kappa shape index (κ3) is 10.7. The van der Waals surface area contributed by atoms with Gasteiger partial charge in [0.05, 0.1) is 0 Å². The van der Waals surface area contributed by atoms with E-state index in [1.54, 1.807) is 6.20 Å². The summed E-state index contributed by atoms with van der Waals surface area (Å²) in [4.78, 5) is 20.8. The number of nitrogens with one attached hydrogen (secondary N) is 2. The van der Waals surface area contributed by atoms with Gasteiger partial charge in [0.1, 0.15) is 0 Å². The van der Waals surface area contributed by atoms with Gasteiger partial charge in [-0.2, -0.15) is 0 Å². The van der Waals surface area contributed by atoms with Crippen LogP contribution in [-0.2, 0) is 9.59 Å². The molecule has 0 aromatic carbocycles. The zero-order chi connectivity index (χ0) is 10.1. The normalized spacial score (nSPS) is 10.0. The molecule has 0 saturated heterocycles. The summed E-state index contributed by atoms with van der Waals surface area (Å²) >= 11 is 0. The highest BCUT2D eigenvalue weighted by Crippen LogP contribution is 1.87. The van der Waals surface area contributed by atoms with Crippen LogP contribution in [0.4, 0.5) is 0 Å². The zero-order valence-electron chi connectivity index (χ0n) is 8.09. The van der Waals surface area contributed by atoms with Crippen molar-refractivity contribution < 1.29 is 9.59 Å². The lowest BCUT2D eigenvalue weighted by atomic mass is 10.3. The summed E-state index contributed by atoms with van der Waals surface area (Å²) in [6.07, 6.45) is 5.22. The summed E-state index contributed by atoms with van der Waals surface area (Å²) in [6.45, 7) is 3.63. The molecule has 0 aliphatic rings. The number of hydrogen-bond acceptors (Lipinski definition) is 2. The van der Waals surface area contributed by atoms with Crippen molar-refractivity contribution in [1.29, 1.82) is 0 Å². The third-order valence-corrected chi connectivity index (χ3v) is 1.33. The standard InChI is InChI=1S/C9H16N2O2/c1-8(12)10-6-4-3-5-7-11-9(2)13/h4,6H,3,5,7H2,1-2H3,(H,10,12)(H,11,13)/b6-4+. The molecule has 0 aromatic heterocycles. The van der Waals surface area contributed by atoms with Crippen molar-refractivity contribution >= 4 is 11.8 Å². The molecular formula is C9H16N2O2. The number of hydrogen-bond donors (Lipinski definition) is 2. The minimum absolute atomic E-state index is 0.00848. The lowest BCUT2D eigenvalue weighted by Crippen LogP contribution is -2.20. The van der Waals surface area contributed by atoms with Gasteiger partial charge < -0.3 is 10.6 Å². The smallest absolute Gasteiger partial charge is 0.220 e. The number of carbonyl (C=O) groups excluding carboxylic acids is 2. The Kier molecular flexibility index (Phi) is 6.59. The van der Waals surface area contributed by atoms with Crippen LogP contribution < -0.4 is 10.6 Å². The molecule has 2 N–H and O–H groups in total. The summed E-state index contributed by atoms with van der Waals surface area (Å²) in [6, 6.07) is 0. The molecule has 0 saturated carbocycles. The topological polar surface area (TPSA) is 58.2 Å². The highest BCUT2D eigenvalue weighted by molar-refractivity contribution is 5.73. The Labute approximate surface area is 78.4 Å². The SMILES string of the molecule is CC(=O)N/C=C/CCCNC(C)=O. The van der Waals surface area contributed by atoms with E-state index in [9.17, 15) is 9.59 Å². The summed E-state index contributed by atoms with van der Waals surface area (Å²) in [5.41, 5.74) is 0. The van der Waals surface area contributed by atoms with Gasteiger partial charge in [0.2, 0.25) is 11.8 Å². The van der Waals surface area contributed by atoms with Crippen LogP contribution in [0.1, 0.15) is 26.7 Å². The first-order valence-electron chi connectivity index (χ1n) is 4.29. The number of carbonyl (C=O) groups is 2. The summed E-state index contributed by atoms with van der Waals surface area (Å²) in [7, 11) is 0. The van der Waals surface area contributed by atoms with Crippen molar-refractivity contribution in [2.45, 2.75) is 26.7 Å². The van der Waals surface area contributed by atoms with E-state index in [2.05, 4.69) is 10.6 Å². The van der Waals surface area contributed by atoms with Gasteiger partial charge >= 0.3 is 0 Å². The van der Waals surface area contributed by atoms with E-state index in [-0.39, 0.29) is 11.8 Å². The van der Waals surface area contributed by atoms with Gasteiger partial charge in [-0.15, -0.1) is 0 Å². The van der Waals surface area contributed by atoms with Crippen LogP contribution in [0.15, 0.2) is 12.3 Å². The summed E-state index contributed by atoms with van der Waals surface area (Å²) in [5.74, 6) is -0.0797. The molecule has 74 valence electrons. The zero-order valence-corrected chi connectivity index (χ0v) is 8.09. The second-order valence-corrected chi connectivity index (χ2v) is 2.73. The molecule has 0 fully saturated rings. The average Bonchev–Trinajstić information content (AvgIpc) is 2.01.